The minimum Gasteiger partial charge on any atom is -0.377 e. The SMILES string of the molecule is CCCCCCCCCCCCCCCCCCCC(CCC[Si](OC)(OC)OC)CC(C)(C)N. The van der Waals surface area contributed by atoms with E-state index in [1.54, 1.807) is 21.3 Å². The molecule has 1 atom stereocenters. The van der Waals surface area contributed by atoms with Crippen LogP contribution in [0, 0.1) is 5.92 Å². The van der Waals surface area contributed by atoms with Crippen molar-refractivity contribution in [2.24, 2.45) is 11.7 Å². The molecule has 0 aromatic heterocycles. The molecule has 2 N–H and O–H groups in total. The molecule has 4 nitrogen and oxygen atoms in total. The Morgan fingerprint density at radius 3 is 1.26 bits per heavy atom. The molecule has 0 aromatic carbocycles. The van der Waals surface area contributed by atoms with E-state index < -0.39 is 8.80 Å². The summed E-state index contributed by atoms with van der Waals surface area (Å²) in [5.41, 5.74) is 6.27. The topological polar surface area (TPSA) is 53.7 Å². The van der Waals surface area contributed by atoms with E-state index in [1.165, 1.54) is 122 Å². The van der Waals surface area contributed by atoms with Gasteiger partial charge < -0.3 is 19.0 Å². The molecule has 0 heterocycles. The molecule has 0 aliphatic carbocycles. The lowest BCUT2D eigenvalue weighted by atomic mass is 9.85. The van der Waals surface area contributed by atoms with E-state index in [0.29, 0.717) is 5.92 Å². The van der Waals surface area contributed by atoms with Crippen molar-refractivity contribution in [3.05, 3.63) is 0 Å². The zero-order chi connectivity index (χ0) is 26.3. The van der Waals surface area contributed by atoms with E-state index in [1.807, 2.05) is 0 Å². The highest BCUT2D eigenvalue weighted by atomic mass is 28.4. The molecule has 35 heavy (non-hydrogen) atoms. The highest BCUT2D eigenvalue weighted by Crippen LogP contribution is 2.27. The van der Waals surface area contributed by atoms with Gasteiger partial charge >= 0.3 is 8.80 Å². The van der Waals surface area contributed by atoms with Crippen LogP contribution in [-0.2, 0) is 13.3 Å². The molecular weight excluding hydrogens is 450 g/mol. The van der Waals surface area contributed by atoms with Crippen LogP contribution < -0.4 is 5.73 Å². The van der Waals surface area contributed by atoms with Crippen LogP contribution in [0.25, 0.3) is 0 Å². The first-order chi connectivity index (χ1) is 16.8. The lowest BCUT2D eigenvalue weighted by molar-refractivity contribution is 0.122. The quantitative estimate of drug-likeness (QED) is 0.0874. The maximum atomic E-state index is 6.37. The predicted molar refractivity (Wildman–Crippen MR) is 156 cm³/mol. The maximum absolute atomic E-state index is 6.37. The third kappa shape index (κ3) is 21.8. The van der Waals surface area contributed by atoms with E-state index in [-0.39, 0.29) is 5.54 Å². The summed E-state index contributed by atoms with van der Waals surface area (Å²) in [6.45, 7) is 6.62. The molecule has 0 saturated carbocycles. The standard InChI is InChI=1S/C30H65NO3Si/c1-7-8-9-10-11-12-13-14-15-16-17-18-19-20-21-22-23-25-29(28-30(2,3)31)26-24-27-35(32-4,33-5)34-6/h29H,7-28,31H2,1-6H3. The summed E-state index contributed by atoms with van der Waals surface area (Å²) < 4.78 is 16.8. The normalized spacial score (nSPS) is 13.5. The predicted octanol–water partition coefficient (Wildman–Crippen LogP) is 9.43. The molecule has 0 amide bonds. The van der Waals surface area contributed by atoms with Gasteiger partial charge in [-0.2, -0.15) is 0 Å². The van der Waals surface area contributed by atoms with Crippen molar-refractivity contribution in [2.45, 2.75) is 167 Å². The van der Waals surface area contributed by atoms with Gasteiger partial charge in [0, 0.05) is 32.9 Å². The first-order valence-electron chi connectivity index (χ1n) is 15.3. The molecule has 5 heteroatoms. The van der Waals surface area contributed by atoms with Crippen LogP contribution in [-0.4, -0.2) is 35.7 Å². The van der Waals surface area contributed by atoms with E-state index in [4.69, 9.17) is 19.0 Å². The van der Waals surface area contributed by atoms with Crippen LogP contribution in [0.3, 0.4) is 0 Å². The minimum absolute atomic E-state index is 0.0996. The van der Waals surface area contributed by atoms with E-state index >= 15 is 0 Å². The van der Waals surface area contributed by atoms with Crippen LogP contribution in [0.15, 0.2) is 0 Å². The lowest BCUT2D eigenvalue weighted by Gasteiger charge is -2.28. The summed E-state index contributed by atoms with van der Waals surface area (Å²) in [5.74, 6) is 0.684. The first-order valence-corrected chi connectivity index (χ1v) is 17.2. The van der Waals surface area contributed by atoms with Gasteiger partial charge in [0.05, 0.1) is 0 Å². The van der Waals surface area contributed by atoms with Gasteiger partial charge in [0.15, 0.2) is 0 Å². The van der Waals surface area contributed by atoms with Crippen molar-refractivity contribution in [1.82, 2.24) is 0 Å². The number of unbranched alkanes of at least 4 members (excludes halogenated alkanes) is 16. The van der Waals surface area contributed by atoms with Crippen molar-refractivity contribution in [1.29, 1.82) is 0 Å². The van der Waals surface area contributed by atoms with Gasteiger partial charge in [-0.05, 0) is 32.6 Å². The molecule has 0 spiro atoms. The van der Waals surface area contributed by atoms with Crippen LogP contribution >= 0.6 is 0 Å². The molecule has 0 aromatic rings. The molecule has 0 aliphatic heterocycles. The summed E-state index contributed by atoms with van der Waals surface area (Å²) in [6.07, 6.45) is 28.9. The Kier molecular flexibility index (Phi) is 23.2. The zero-order valence-corrected chi connectivity index (χ0v) is 25.9. The molecule has 1 unspecified atom stereocenters. The zero-order valence-electron chi connectivity index (χ0n) is 24.9. The van der Waals surface area contributed by atoms with Gasteiger partial charge in [-0.25, -0.2) is 0 Å². The highest BCUT2D eigenvalue weighted by Gasteiger charge is 2.37. The van der Waals surface area contributed by atoms with Crippen molar-refractivity contribution in [2.75, 3.05) is 21.3 Å². The highest BCUT2D eigenvalue weighted by molar-refractivity contribution is 6.60. The molecule has 0 fully saturated rings. The van der Waals surface area contributed by atoms with Gasteiger partial charge in [0.1, 0.15) is 0 Å². The number of rotatable bonds is 27. The average Bonchev–Trinajstić information content (AvgIpc) is 2.83. The summed E-state index contributed by atoms with van der Waals surface area (Å²) in [6, 6.07) is 0.886. The second-order valence-electron chi connectivity index (χ2n) is 11.7. The van der Waals surface area contributed by atoms with Gasteiger partial charge in [0.2, 0.25) is 0 Å². The summed E-state index contributed by atoms with van der Waals surface area (Å²) >= 11 is 0. The maximum Gasteiger partial charge on any atom is 0.500 e. The fourth-order valence-corrected chi connectivity index (χ4v) is 7.16. The molecule has 0 aliphatic rings. The van der Waals surface area contributed by atoms with Crippen molar-refractivity contribution in [3.63, 3.8) is 0 Å². The second-order valence-corrected chi connectivity index (χ2v) is 14.8. The minimum atomic E-state index is -2.45. The Balaban J connectivity index is 3.76. The van der Waals surface area contributed by atoms with Crippen LogP contribution in [0.2, 0.25) is 6.04 Å². The number of hydrogen-bond donors (Lipinski definition) is 1. The van der Waals surface area contributed by atoms with Crippen molar-refractivity contribution < 1.29 is 13.3 Å². The summed E-state index contributed by atoms with van der Waals surface area (Å²) in [7, 11) is 2.66. The lowest BCUT2D eigenvalue weighted by Crippen LogP contribution is -2.42. The monoisotopic (exact) mass is 515 g/mol. The van der Waals surface area contributed by atoms with E-state index in [2.05, 4.69) is 20.8 Å². The average molecular weight is 516 g/mol. The molecule has 212 valence electrons. The van der Waals surface area contributed by atoms with Gasteiger partial charge in [-0.1, -0.05) is 129 Å². The fraction of sp³-hybridized carbons (Fsp3) is 1.00. The van der Waals surface area contributed by atoms with Crippen LogP contribution in [0.5, 0.6) is 0 Å². The Hall–Kier alpha value is 0.0569. The van der Waals surface area contributed by atoms with Gasteiger partial charge in [-0.3, -0.25) is 0 Å². The Morgan fingerprint density at radius 1 is 0.571 bits per heavy atom. The van der Waals surface area contributed by atoms with Crippen molar-refractivity contribution >= 4 is 8.80 Å². The smallest absolute Gasteiger partial charge is 0.377 e. The molecular formula is C30H65NO3Si. The molecule has 0 rings (SSSR count). The van der Waals surface area contributed by atoms with Crippen LogP contribution in [0.1, 0.15) is 156 Å². The van der Waals surface area contributed by atoms with E-state index in [0.717, 1.165) is 18.9 Å². The van der Waals surface area contributed by atoms with Crippen LogP contribution in [0.4, 0.5) is 0 Å². The van der Waals surface area contributed by atoms with Gasteiger partial charge in [0.25, 0.3) is 0 Å². The Morgan fingerprint density at radius 2 is 0.914 bits per heavy atom. The molecule has 0 saturated heterocycles. The second kappa shape index (κ2) is 23.2. The molecule has 0 bridgehead atoms. The van der Waals surface area contributed by atoms with E-state index in [9.17, 15) is 0 Å². The Labute approximate surface area is 222 Å². The number of nitrogens with two attached hydrogens (primary N) is 1. The fourth-order valence-electron chi connectivity index (χ4n) is 5.41. The number of hydrogen-bond acceptors (Lipinski definition) is 4. The van der Waals surface area contributed by atoms with Gasteiger partial charge in [-0.15, -0.1) is 0 Å². The Bertz CT molecular complexity index is 430. The van der Waals surface area contributed by atoms with Crippen molar-refractivity contribution in [3.8, 4) is 0 Å². The molecule has 0 radical (unpaired) electrons. The summed E-state index contributed by atoms with van der Waals surface area (Å²) in [4.78, 5) is 0. The summed E-state index contributed by atoms with van der Waals surface area (Å²) in [5, 5.41) is 0. The first kappa shape index (κ1) is 35.1. The largest absolute Gasteiger partial charge is 0.500 e. The third-order valence-electron chi connectivity index (χ3n) is 7.56. The third-order valence-corrected chi connectivity index (χ3v) is 10.4.